The van der Waals surface area contributed by atoms with Crippen molar-refractivity contribution in [1.82, 2.24) is 4.90 Å². The number of hydrogen-bond acceptors (Lipinski definition) is 4. The first kappa shape index (κ1) is 18.3. The zero-order chi connectivity index (χ0) is 16.8. The maximum absolute atomic E-state index is 11.3. The predicted octanol–water partition coefficient (Wildman–Crippen LogP) is 2.13. The third-order valence-corrected chi connectivity index (χ3v) is 3.66. The van der Waals surface area contributed by atoms with Crippen molar-refractivity contribution in [3.8, 4) is 11.8 Å². The Morgan fingerprint density at radius 2 is 2.05 bits per heavy atom. The summed E-state index contributed by atoms with van der Waals surface area (Å²) in [6.45, 7) is 8.69. The molecule has 124 valence electrons. The molecule has 1 aliphatic rings. The topological polar surface area (TPSA) is 76.1 Å². The van der Waals surface area contributed by atoms with E-state index in [0.717, 1.165) is 0 Å². The van der Waals surface area contributed by atoms with E-state index in [1.54, 1.807) is 6.92 Å². The lowest BCUT2D eigenvalue weighted by molar-refractivity contribution is -0.136. The van der Waals surface area contributed by atoms with Crippen molar-refractivity contribution in [1.29, 1.82) is 0 Å². The van der Waals surface area contributed by atoms with Gasteiger partial charge in [0, 0.05) is 18.5 Å². The molecule has 0 radical (unpaired) electrons. The average Bonchev–Trinajstić information content (AvgIpc) is 2.42. The molecule has 22 heavy (non-hydrogen) atoms. The zero-order valence-electron chi connectivity index (χ0n) is 13.7. The van der Waals surface area contributed by atoms with Crippen LogP contribution >= 0.6 is 0 Å². The van der Waals surface area contributed by atoms with Gasteiger partial charge in [-0.2, -0.15) is 0 Å². The molecular weight excluding hydrogens is 286 g/mol. The van der Waals surface area contributed by atoms with Gasteiger partial charge in [-0.15, -0.1) is 0 Å². The molecule has 0 aromatic heterocycles. The second-order valence-corrected chi connectivity index (χ2v) is 6.34. The lowest BCUT2D eigenvalue weighted by Crippen LogP contribution is -2.53. The molecule has 1 saturated heterocycles. The van der Waals surface area contributed by atoms with Crippen molar-refractivity contribution >= 4 is 12.1 Å². The fourth-order valence-electron chi connectivity index (χ4n) is 2.57. The van der Waals surface area contributed by atoms with E-state index in [4.69, 9.17) is 9.47 Å². The largest absolute Gasteiger partial charge is 0.465 e. The maximum atomic E-state index is 11.3. The number of esters is 1. The van der Waals surface area contributed by atoms with Gasteiger partial charge in [0.1, 0.15) is 6.61 Å². The summed E-state index contributed by atoms with van der Waals surface area (Å²) in [4.78, 5) is 23.9. The van der Waals surface area contributed by atoms with Crippen LogP contribution in [0.5, 0.6) is 0 Å². The number of amides is 1. The van der Waals surface area contributed by atoms with Gasteiger partial charge in [0.2, 0.25) is 0 Å². The highest BCUT2D eigenvalue weighted by atomic mass is 16.5. The van der Waals surface area contributed by atoms with Gasteiger partial charge in [-0.05, 0) is 25.2 Å². The van der Waals surface area contributed by atoms with Crippen molar-refractivity contribution in [2.75, 3.05) is 19.8 Å². The summed E-state index contributed by atoms with van der Waals surface area (Å²) in [5, 5.41) is 9.30. The number of carboxylic acid groups (broad SMARTS) is 1. The molecule has 0 aliphatic carbocycles. The Kier molecular flexibility index (Phi) is 6.69. The standard InChI is InChI=1S/C16H25NO5/c1-5-21-14(18)7-6-10-22-12-8-9-17(15(19)20)13(11-12)16(2,3)4/h12-13H,5,8-11H2,1-4H3,(H,19,20). The molecule has 2 atom stereocenters. The Morgan fingerprint density at radius 3 is 2.59 bits per heavy atom. The quantitative estimate of drug-likeness (QED) is 0.491. The van der Waals surface area contributed by atoms with E-state index >= 15 is 0 Å². The van der Waals surface area contributed by atoms with Crippen LogP contribution in [0.25, 0.3) is 0 Å². The van der Waals surface area contributed by atoms with Gasteiger partial charge < -0.3 is 19.5 Å². The number of carbonyl (C=O) groups excluding carboxylic acids is 1. The summed E-state index contributed by atoms with van der Waals surface area (Å²) >= 11 is 0. The number of rotatable bonds is 3. The lowest BCUT2D eigenvalue weighted by Gasteiger charge is -2.44. The van der Waals surface area contributed by atoms with Crippen molar-refractivity contribution in [3.05, 3.63) is 0 Å². The zero-order valence-corrected chi connectivity index (χ0v) is 13.7. The third kappa shape index (κ3) is 5.57. The monoisotopic (exact) mass is 311 g/mol. The summed E-state index contributed by atoms with van der Waals surface area (Å²) in [6.07, 6.45) is 0.341. The van der Waals surface area contributed by atoms with Crippen LogP contribution in [0.2, 0.25) is 0 Å². The van der Waals surface area contributed by atoms with Gasteiger partial charge in [-0.3, -0.25) is 0 Å². The van der Waals surface area contributed by atoms with Gasteiger partial charge >= 0.3 is 12.1 Å². The minimum Gasteiger partial charge on any atom is -0.465 e. The van der Waals surface area contributed by atoms with Crippen molar-refractivity contribution in [2.24, 2.45) is 5.41 Å². The van der Waals surface area contributed by atoms with Crippen LogP contribution in [-0.4, -0.2) is 54.0 Å². The van der Waals surface area contributed by atoms with Crippen LogP contribution in [0, 0.1) is 17.3 Å². The van der Waals surface area contributed by atoms with Gasteiger partial charge in [0.15, 0.2) is 0 Å². The first-order valence-corrected chi connectivity index (χ1v) is 7.52. The Morgan fingerprint density at radius 1 is 1.36 bits per heavy atom. The minimum atomic E-state index is -0.888. The summed E-state index contributed by atoms with van der Waals surface area (Å²) < 4.78 is 10.4. The second kappa shape index (κ2) is 8.04. The highest BCUT2D eigenvalue weighted by Gasteiger charge is 2.38. The third-order valence-electron chi connectivity index (χ3n) is 3.66. The highest BCUT2D eigenvalue weighted by molar-refractivity contribution is 5.88. The predicted molar refractivity (Wildman–Crippen MR) is 81.4 cm³/mol. The summed E-state index contributed by atoms with van der Waals surface area (Å²) in [5.74, 6) is 4.42. The van der Waals surface area contributed by atoms with E-state index in [1.165, 1.54) is 4.90 Å². The molecule has 0 aromatic rings. The summed E-state index contributed by atoms with van der Waals surface area (Å²) in [7, 11) is 0. The van der Waals surface area contributed by atoms with E-state index in [2.05, 4.69) is 11.8 Å². The van der Waals surface area contributed by atoms with Crippen molar-refractivity contribution < 1.29 is 24.2 Å². The molecule has 1 aliphatic heterocycles. The van der Waals surface area contributed by atoms with Gasteiger partial charge in [-0.25, -0.2) is 9.59 Å². The molecule has 1 rings (SSSR count). The van der Waals surface area contributed by atoms with E-state index < -0.39 is 12.1 Å². The normalized spacial score (nSPS) is 21.7. The van der Waals surface area contributed by atoms with Gasteiger partial charge in [-0.1, -0.05) is 26.7 Å². The first-order chi connectivity index (χ1) is 10.3. The molecule has 0 bridgehead atoms. The van der Waals surface area contributed by atoms with E-state index in [1.807, 2.05) is 20.8 Å². The average molecular weight is 311 g/mol. The Bertz CT molecular complexity index is 457. The maximum Gasteiger partial charge on any atom is 0.407 e. The number of likely N-dealkylation sites (tertiary alicyclic amines) is 1. The first-order valence-electron chi connectivity index (χ1n) is 7.52. The van der Waals surface area contributed by atoms with Crippen LogP contribution in [0.15, 0.2) is 0 Å². The Labute approximate surface area is 131 Å². The van der Waals surface area contributed by atoms with Crippen molar-refractivity contribution in [2.45, 2.75) is 52.7 Å². The molecule has 0 aromatic carbocycles. The molecule has 1 heterocycles. The molecule has 6 heteroatoms. The number of piperidine rings is 1. The van der Waals surface area contributed by atoms with Crippen LogP contribution in [0.4, 0.5) is 4.79 Å². The van der Waals surface area contributed by atoms with Crippen LogP contribution in [0.1, 0.15) is 40.5 Å². The second-order valence-electron chi connectivity index (χ2n) is 6.34. The lowest BCUT2D eigenvalue weighted by atomic mass is 9.80. The molecule has 1 fully saturated rings. The molecule has 6 nitrogen and oxygen atoms in total. The summed E-state index contributed by atoms with van der Waals surface area (Å²) in [5.41, 5.74) is -0.156. The highest BCUT2D eigenvalue weighted by Crippen LogP contribution is 2.33. The van der Waals surface area contributed by atoms with E-state index in [-0.39, 0.29) is 24.2 Å². The SMILES string of the molecule is CCOC(=O)C#CCOC1CCN(C(=O)O)C(C(C)(C)C)C1. The smallest absolute Gasteiger partial charge is 0.407 e. The molecule has 0 saturated carbocycles. The fourth-order valence-corrected chi connectivity index (χ4v) is 2.57. The molecule has 2 unspecified atom stereocenters. The van der Waals surface area contributed by atoms with Gasteiger partial charge in [0.05, 0.1) is 12.7 Å². The van der Waals surface area contributed by atoms with Crippen LogP contribution in [0.3, 0.4) is 0 Å². The number of nitrogens with zero attached hydrogens (tertiary/aromatic N) is 1. The summed E-state index contributed by atoms with van der Waals surface area (Å²) in [6, 6.07) is -0.0956. The van der Waals surface area contributed by atoms with Gasteiger partial charge in [0.25, 0.3) is 0 Å². The van der Waals surface area contributed by atoms with Crippen LogP contribution in [-0.2, 0) is 14.3 Å². The van der Waals surface area contributed by atoms with Crippen molar-refractivity contribution in [3.63, 3.8) is 0 Å². The molecular formula is C16H25NO5. The fraction of sp³-hybridized carbons (Fsp3) is 0.750. The minimum absolute atomic E-state index is 0.0451. The number of hydrogen-bond donors (Lipinski definition) is 1. The van der Waals surface area contributed by atoms with Crippen LogP contribution < -0.4 is 0 Å². The molecule has 1 amide bonds. The Hall–Kier alpha value is -1.74. The number of ether oxygens (including phenoxy) is 2. The molecule has 1 N–H and O–H groups in total. The van der Waals surface area contributed by atoms with E-state index in [9.17, 15) is 14.7 Å². The number of carbonyl (C=O) groups is 2. The Balaban J connectivity index is 2.54. The van der Waals surface area contributed by atoms with E-state index in [0.29, 0.717) is 26.0 Å². The molecule has 0 spiro atoms.